The molecule has 1 fully saturated rings. The van der Waals surface area contributed by atoms with E-state index in [1.807, 2.05) is 24.3 Å². The first kappa shape index (κ1) is 25.1. The van der Waals surface area contributed by atoms with Gasteiger partial charge in [-0.05, 0) is 67.6 Å². The van der Waals surface area contributed by atoms with E-state index in [1.54, 1.807) is 30.0 Å². The minimum Gasteiger partial charge on any atom is -0.461 e. The Hall–Kier alpha value is -4.53. The molecule has 0 spiro atoms. The lowest BCUT2D eigenvalue weighted by Gasteiger charge is -2.36. The van der Waals surface area contributed by atoms with Gasteiger partial charge in [-0.25, -0.2) is 18.3 Å². The molecule has 1 aliphatic rings. The van der Waals surface area contributed by atoms with E-state index in [2.05, 4.69) is 10.00 Å². The molecule has 38 heavy (non-hydrogen) atoms. The summed E-state index contributed by atoms with van der Waals surface area (Å²) in [6.45, 7) is 4.35. The van der Waals surface area contributed by atoms with E-state index in [-0.39, 0.29) is 24.0 Å². The van der Waals surface area contributed by atoms with Crippen LogP contribution in [0.3, 0.4) is 0 Å². The predicted molar refractivity (Wildman–Crippen MR) is 139 cm³/mol. The molecular weight excluding hydrogens is 490 g/mol. The molecule has 1 amide bonds. The van der Waals surface area contributed by atoms with Crippen LogP contribution >= 0.6 is 0 Å². The van der Waals surface area contributed by atoms with E-state index in [9.17, 15) is 18.4 Å². The zero-order chi connectivity index (χ0) is 26.6. The van der Waals surface area contributed by atoms with Gasteiger partial charge in [-0.15, -0.1) is 0 Å². The van der Waals surface area contributed by atoms with Gasteiger partial charge >= 0.3 is 5.97 Å². The van der Waals surface area contributed by atoms with Gasteiger partial charge in [-0.2, -0.15) is 5.10 Å². The second kappa shape index (κ2) is 10.8. The molecule has 194 valence electrons. The molecule has 9 heteroatoms. The largest absolute Gasteiger partial charge is 0.461 e. The van der Waals surface area contributed by atoms with Crippen molar-refractivity contribution in [2.24, 2.45) is 0 Å². The zero-order valence-electron chi connectivity index (χ0n) is 20.8. The third kappa shape index (κ3) is 5.27. The van der Waals surface area contributed by atoms with Crippen LogP contribution in [0, 0.1) is 11.6 Å². The molecule has 0 aliphatic carbocycles. The number of amides is 1. The highest BCUT2D eigenvalue weighted by Crippen LogP contribution is 2.28. The van der Waals surface area contributed by atoms with E-state index in [0.717, 1.165) is 11.3 Å². The number of hydrogen-bond donors (Lipinski definition) is 0. The van der Waals surface area contributed by atoms with Crippen LogP contribution in [0.1, 0.15) is 27.8 Å². The maximum absolute atomic E-state index is 13.9. The zero-order valence-corrected chi connectivity index (χ0v) is 20.8. The molecule has 1 saturated heterocycles. The Morgan fingerprint density at radius 1 is 0.842 bits per heavy atom. The lowest BCUT2D eigenvalue weighted by atomic mass is 10.1. The molecule has 0 atom stereocenters. The molecule has 0 unspecified atom stereocenters. The molecule has 2 heterocycles. The minimum absolute atomic E-state index is 0.108. The van der Waals surface area contributed by atoms with E-state index in [1.165, 1.54) is 41.1 Å². The number of aromatic nitrogens is 2. The van der Waals surface area contributed by atoms with Crippen molar-refractivity contribution in [1.29, 1.82) is 0 Å². The Morgan fingerprint density at radius 3 is 2.21 bits per heavy atom. The molecule has 0 saturated carbocycles. The van der Waals surface area contributed by atoms with Crippen molar-refractivity contribution < 1.29 is 23.1 Å². The first-order chi connectivity index (χ1) is 18.4. The summed E-state index contributed by atoms with van der Waals surface area (Å²) in [6, 6.07) is 21.0. The normalized spacial score (nSPS) is 13.4. The number of nitrogens with zero attached hydrogens (tertiary/aromatic N) is 4. The van der Waals surface area contributed by atoms with Gasteiger partial charge in [0, 0.05) is 43.0 Å². The topological polar surface area (TPSA) is 67.7 Å². The number of rotatable bonds is 6. The van der Waals surface area contributed by atoms with Gasteiger partial charge < -0.3 is 14.5 Å². The summed E-state index contributed by atoms with van der Waals surface area (Å²) in [7, 11) is 0. The number of ether oxygens (including phenoxy) is 1. The van der Waals surface area contributed by atoms with Crippen molar-refractivity contribution >= 4 is 17.6 Å². The highest BCUT2D eigenvalue weighted by Gasteiger charge is 2.23. The van der Waals surface area contributed by atoms with Gasteiger partial charge in [0.2, 0.25) is 0 Å². The molecule has 0 N–H and O–H groups in total. The summed E-state index contributed by atoms with van der Waals surface area (Å²) >= 11 is 0. The summed E-state index contributed by atoms with van der Waals surface area (Å²) in [5.41, 5.74) is 3.51. The Labute approximate surface area is 218 Å². The van der Waals surface area contributed by atoms with Gasteiger partial charge in [0.1, 0.15) is 11.6 Å². The lowest BCUT2D eigenvalue weighted by Crippen LogP contribution is -2.48. The Morgan fingerprint density at radius 2 is 1.55 bits per heavy atom. The van der Waals surface area contributed by atoms with Crippen LogP contribution < -0.4 is 4.90 Å². The van der Waals surface area contributed by atoms with Crippen LogP contribution in [-0.2, 0) is 4.74 Å². The van der Waals surface area contributed by atoms with Crippen LogP contribution in [0.25, 0.3) is 16.9 Å². The third-order valence-corrected chi connectivity index (χ3v) is 6.43. The molecule has 4 aromatic rings. The van der Waals surface area contributed by atoms with Gasteiger partial charge in [0.25, 0.3) is 5.91 Å². The van der Waals surface area contributed by atoms with E-state index >= 15 is 0 Å². The fraction of sp³-hybridized carbons (Fsp3) is 0.207. The molecule has 1 aromatic heterocycles. The first-order valence-corrected chi connectivity index (χ1v) is 12.4. The van der Waals surface area contributed by atoms with Gasteiger partial charge in [0.05, 0.1) is 18.0 Å². The Balaban J connectivity index is 1.33. The van der Waals surface area contributed by atoms with Crippen molar-refractivity contribution in [2.75, 3.05) is 37.7 Å². The summed E-state index contributed by atoms with van der Waals surface area (Å²) in [5, 5.41) is 4.39. The monoisotopic (exact) mass is 516 g/mol. The van der Waals surface area contributed by atoms with Crippen molar-refractivity contribution in [2.45, 2.75) is 6.92 Å². The maximum atomic E-state index is 13.9. The van der Waals surface area contributed by atoms with Crippen LogP contribution in [0.5, 0.6) is 0 Å². The van der Waals surface area contributed by atoms with Crippen molar-refractivity contribution in [3.8, 4) is 16.9 Å². The number of benzene rings is 3. The molecule has 3 aromatic carbocycles. The number of carbonyl (C=O) groups excluding carboxylic acids is 2. The third-order valence-electron chi connectivity index (χ3n) is 6.43. The maximum Gasteiger partial charge on any atom is 0.358 e. The van der Waals surface area contributed by atoms with Crippen LogP contribution in [0.2, 0.25) is 0 Å². The number of halogens is 2. The summed E-state index contributed by atoms with van der Waals surface area (Å²) in [5.74, 6) is -1.43. The fourth-order valence-corrected chi connectivity index (χ4v) is 4.48. The van der Waals surface area contributed by atoms with Crippen molar-refractivity contribution in [3.63, 3.8) is 0 Å². The molecular formula is C29H26F2N4O3. The second-order valence-electron chi connectivity index (χ2n) is 8.86. The number of piperazine rings is 1. The number of esters is 1. The predicted octanol–water partition coefficient (Wildman–Crippen LogP) is 4.96. The van der Waals surface area contributed by atoms with Gasteiger partial charge in [-0.1, -0.05) is 18.2 Å². The first-order valence-electron chi connectivity index (χ1n) is 12.4. The van der Waals surface area contributed by atoms with Gasteiger partial charge in [0.15, 0.2) is 5.69 Å². The summed E-state index contributed by atoms with van der Waals surface area (Å²) in [4.78, 5) is 29.1. The lowest BCUT2D eigenvalue weighted by molar-refractivity contribution is 0.0518. The SMILES string of the molecule is CCOC(=O)c1cc(-c2ccc(N3CCN(C(=O)c4ccc(F)cc4)CC3)cc2)n(-c2cccc(F)c2)n1. The molecule has 0 bridgehead atoms. The number of anilines is 1. The van der Waals surface area contributed by atoms with E-state index < -0.39 is 11.8 Å². The molecule has 5 rings (SSSR count). The average Bonchev–Trinajstić information content (AvgIpc) is 3.39. The molecule has 0 radical (unpaired) electrons. The summed E-state index contributed by atoms with van der Waals surface area (Å²) < 4.78 is 33.8. The highest BCUT2D eigenvalue weighted by molar-refractivity contribution is 5.94. The van der Waals surface area contributed by atoms with Crippen LogP contribution in [0.4, 0.5) is 14.5 Å². The number of carbonyl (C=O) groups is 2. The minimum atomic E-state index is -0.548. The Bertz CT molecular complexity index is 1440. The van der Waals surface area contributed by atoms with Crippen LogP contribution in [-0.4, -0.2) is 59.3 Å². The van der Waals surface area contributed by atoms with Gasteiger partial charge in [-0.3, -0.25) is 4.79 Å². The highest BCUT2D eigenvalue weighted by atomic mass is 19.1. The Kier molecular flexibility index (Phi) is 7.17. The van der Waals surface area contributed by atoms with E-state index in [4.69, 9.17) is 4.74 Å². The molecule has 7 nitrogen and oxygen atoms in total. The number of hydrogen-bond acceptors (Lipinski definition) is 5. The van der Waals surface area contributed by atoms with Crippen LogP contribution in [0.15, 0.2) is 78.9 Å². The van der Waals surface area contributed by atoms with Crippen molar-refractivity contribution in [3.05, 3.63) is 102 Å². The fourth-order valence-electron chi connectivity index (χ4n) is 4.48. The second-order valence-corrected chi connectivity index (χ2v) is 8.86. The quantitative estimate of drug-likeness (QED) is 0.339. The molecule has 1 aliphatic heterocycles. The van der Waals surface area contributed by atoms with Crippen molar-refractivity contribution in [1.82, 2.24) is 14.7 Å². The smallest absolute Gasteiger partial charge is 0.358 e. The summed E-state index contributed by atoms with van der Waals surface area (Å²) in [6.07, 6.45) is 0. The standard InChI is InChI=1S/C29H26F2N4O3/c1-2-38-29(37)26-19-27(35(32-26)25-5-3-4-23(31)18-25)20-8-12-24(13-9-20)33-14-16-34(17-15-33)28(36)21-6-10-22(30)11-7-21/h3-13,18-19H,2,14-17H2,1H3. The van der Waals surface area contributed by atoms with E-state index in [0.29, 0.717) is 43.1 Å². The average molecular weight is 517 g/mol.